The molecule has 0 aromatic heterocycles. The fourth-order valence-corrected chi connectivity index (χ4v) is 3.04. The van der Waals surface area contributed by atoms with E-state index in [2.05, 4.69) is 0 Å². The second kappa shape index (κ2) is 7.05. The van der Waals surface area contributed by atoms with E-state index in [0.29, 0.717) is 6.92 Å². The van der Waals surface area contributed by atoms with Crippen LogP contribution in [0.1, 0.15) is 26.2 Å². The minimum atomic E-state index is -6.90. The van der Waals surface area contributed by atoms with Gasteiger partial charge in [-0.3, -0.25) is 0 Å². The van der Waals surface area contributed by atoms with Crippen LogP contribution in [0.25, 0.3) is 0 Å². The Kier molecular flexibility index (Phi) is 6.84. The fourth-order valence-electron chi connectivity index (χ4n) is 1.55. The number of unbranched alkanes of at least 4 members (excludes halogenated alkanes) is 1. The Hall–Kier alpha value is -0.690. The lowest BCUT2D eigenvalue weighted by molar-refractivity contribution is -0.370. The molecule has 0 heterocycles. The minimum Gasteiger partial charge on any atom is -0.396 e. The van der Waals surface area contributed by atoms with Gasteiger partial charge in [-0.15, -0.1) is 0 Å². The van der Waals surface area contributed by atoms with Crippen molar-refractivity contribution in [3.8, 4) is 0 Å². The van der Waals surface area contributed by atoms with Gasteiger partial charge in [-0.1, -0.05) is 6.92 Å². The Morgan fingerprint density at radius 3 is 1.74 bits per heavy atom. The number of halogens is 8. The van der Waals surface area contributed by atoms with E-state index in [1.165, 1.54) is 4.72 Å². The van der Waals surface area contributed by atoms with Crippen LogP contribution in [0.3, 0.4) is 0 Å². The molecule has 0 saturated heterocycles. The summed E-state index contributed by atoms with van der Waals surface area (Å²) in [5.74, 6) is -13.5. The summed E-state index contributed by atoms with van der Waals surface area (Å²) in [5.41, 5.74) is 0. The second-order valence-electron chi connectivity index (χ2n) is 4.56. The van der Waals surface area contributed by atoms with Crippen LogP contribution < -0.4 is 4.72 Å². The van der Waals surface area contributed by atoms with Crippen molar-refractivity contribution in [2.75, 3.05) is 13.2 Å². The standard InChI is InChI=1S/C10H15F8NO3S/c1-2-7(11,23(21,22)19-5-3-4-6-20)8(12,13)9(14,15)10(16,17)18/h19-20H,2-6H2,1H3. The Bertz CT molecular complexity index is 493. The third kappa shape index (κ3) is 3.87. The molecule has 0 amide bonds. The summed E-state index contributed by atoms with van der Waals surface area (Å²) in [6.45, 7) is -0.742. The Balaban J connectivity index is 5.75. The minimum absolute atomic E-state index is 0.0248. The van der Waals surface area contributed by atoms with Crippen LogP contribution in [0, 0.1) is 0 Å². The quantitative estimate of drug-likeness (QED) is 0.477. The highest BCUT2D eigenvalue weighted by molar-refractivity contribution is 7.90. The SMILES string of the molecule is CCC(F)(C(F)(F)C(F)(F)C(F)(F)F)S(=O)(=O)NCCCCO. The molecule has 0 fully saturated rings. The number of alkyl halides is 8. The zero-order chi connectivity index (χ0) is 18.7. The molecule has 0 saturated carbocycles. The van der Waals surface area contributed by atoms with Gasteiger partial charge in [0, 0.05) is 19.6 Å². The third-order valence-electron chi connectivity index (χ3n) is 2.98. The maximum absolute atomic E-state index is 14.2. The predicted molar refractivity (Wildman–Crippen MR) is 63.3 cm³/mol. The lowest BCUT2D eigenvalue weighted by atomic mass is 10.0. The number of aliphatic hydroxyl groups is 1. The Morgan fingerprint density at radius 1 is 0.913 bits per heavy atom. The van der Waals surface area contributed by atoms with Crippen molar-refractivity contribution in [1.82, 2.24) is 4.72 Å². The number of aliphatic hydroxyl groups excluding tert-OH is 1. The summed E-state index contributed by atoms with van der Waals surface area (Å²) >= 11 is 0. The van der Waals surface area contributed by atoms with Crippen LogP contribution in [0.5, 0.6) is 0 Å². The van der Waals surface area contributed by atoms with E-state index in [1.807, 2.05) is 0 Å². The number of nitrogens with one attached hydrogen (secondary N) is 1. The maximum atomic E-state index is 14.2. The molecule has 1 unspecified atom stereocenters. The number of rotatable bonds is 9. The molecule has 1 atom stereocenters. The summed E-state index contributed by atoms with van der Waals surface area (Å²) in [5, 5.41) is 3.25. The Labute approximate surface area is 126 Å². The lowest BCUT2D eigenvalue weighted by Crippen LogP contribution is -2.66. The van der Waals surface area contributed by atoms with Crippen molar-refractivity contribution >= 4 is 10.0 Å². The van der Waals surface area contributed by atoms with Gasteiger partial charge >= 0.3 is 18.0 Å². The van der Waals surface area contributed by atoms with Gasteiger partial charge < -0.3 is 5.11 Å². The maximum Gasteiger partial charge on any atom is 0.460 e. The fraction of sp³-hybridized carbons (Fsp3) is 1.00. The summed E-state index contributed by atoms with van der Waals surface area (Å²) in [4.78, 5) is 0. The molecular weight excluding hydrogens is 366 g/mol. The zero-order valence-electron chi connectivity index (χ0n) is 11.7. The normalized spacial score (nSPS) is 17.1. The van der Waals surface area contributed by atoms with Gasteiger partial charge in [0.1, 0.15) is 0 Å². The van der Waals surface area contributed by atoms with E-state index < -0.39 is 52.6 Å². The van der Waals surface area contributed by atoms with Crippen LogP contribution in [0.4, 0.5) is 35.1 Å². The second-order valence-corrected chi connectivity index (χ2v) is 6.50. The largest absolute Gasteiger partial charge is 0.460 e. The molecule has 0 rings (SSSR count). The molecule has 0 aromatic rings. The van der Waals surface area contributed by atoms with Crippen LogP contribution in [-0.4, -0.2) is 49.7 Å². The van der Waals surface area contributed by atoms with E-state index in [-0.39, 0.29) is 12.8 Å². The van der Waals surface area contributed by atoms with Crippen molar-refractivity contribution in [1.29, 1.82) is 0 Å². The van der Waals surface area contributed by atoms with Crippen LogP contribution in [0.2, 0.25) is 0 Å². The van der Waals surface area contributed by atoms with Crippen LogP contribution >= 0.6 is 0 Å². The molecular formula is C10H15F8NO3S. The number of hydrogen-bond donors (Lipinski definition) is 2. The molecule has 23 heavy (non-hydrogen) atoms. The van der Waals surface area contributed by atoms with E-state index in [1.54, 1.807) is 0 Å². The first-order valence-corrected chi connectivity index (χ1v) is 7.72. The molecule has 0 radical (unpaired) electrons. The molecule has 2 N–H and O–H groups in total. The molecule has 0 aromatic carbocycles. The molecule has 0 aliphatic rings. The molecule has 140 valence electrons. The van der Waals surface area contributed by atoms with Gasteiger partial charge in [-0.05, 0) is 12.8 Å². The summed E-state index contributed by atoms with van der Waals surface area (Å²) in [6.07, 6.45) is -8.89. The van der Waals surface area contributed by atoms with Crippen molar-refractivity contribution in [3.63, 3.8) is 0 Å². The third-order valence-corrected chi connectivity index (χ3v) is 4.96. The zero-order valence-corrected chi connectivity index (χ0v) is 12.5. The van der Waals surface area contributed by atoms with Gasteiger partial charge in [0.2, 0.25) is 0 Å². The average molecular weight is 381 g/mol. The molecule has 0 aliphatic carbocycles. The van der Waals surface area contributed by atoms with E-state index in [0.717, 1.165) is 0 Å². The molecule has 13 heteroatoms. The average Bonchev–Trinajstić information content (AvgIpc) is 2.40. The summed E-state index contributed by atoms with van der Waals surface area (Å²) in [7, 11) is -5.88. The predicted octanol–water partition coefficient (Wildman–Crippen LogP) is 2.59. The van der Waals surface area contributed by atoms with Crippen molar-refractivity contribution in [3.05, 3.63) is 0 Å². The molecule has 4 nitrogen and oxygen atoms in total. The molecule has 0 bridgehead atoms. The number of sulfonamides is 1. The smallest absolute Gasteiger partial charge is 0.396 e. The van der Waals surface area contributed by atoms with E-state index in [9.17, 15) is 43.5 Å². The van der Waals surface area contributed by atoms with Crippen LogP contribution in [0.15, 0.2) is 0 Å². The van der Waals surface area contributed by atoms with Gasteiger partial charge in [0.15, 0.2) is 0 Å². The van der Waals surface area contributed by atoms with E-state index >= 15 is 0 Å². The highest BCUT2D eigenvalue weighted by Gasteiger charge is 2.83. The highest BCUT2D eigenvalue weighted by Crippen LogP contribution is 2.54. The van der Waals surface area contributed by atoms with Gasteiger partial charge in [-0.25, -0.2) is 17.5 Å². The highest BCUT2D eigenvalue weighted by atomic mass is 32.2. The van der Waals surface area contributed by atoms with Crippen molar-refractivity contribution in [2.24, 2.45) is 0 Å². The summed E-state index contributed by atoms with van der Waals surface area (Å²) in [6, 6.07) is 0. The van der Waals surface area contributed by atoms with Crippen molar-refractivity contribution in [2.45, 2.75) is 49.2 Å². The van der Waals surface area contributed by atoms with Crippen molar-refractivity contribution < 1.29 is 48.6 Å². The first-order chi connectivity index (χ1) is 10.1. The van der Waals surface area contributed by atoms with Crippen LogP contribution in [-0.2, 0) is 10.0 Å². The van der Waals surface area contributed by atoms with Gasteiger partial charge in [-0.2, -0.15) is 30.7 Å². The first-order valence-electron chi connectivity index (χ1n) is 6.23. The molecule has 0 aliphatic heterocycles. The number of hydrogen-bond acceptors (Lipinski definition) is 3. The van der Waals surface area contributed by atoms with Gasteiger partial charge in [0.25, 0.3) is 15.0 Å². The van der Waals surface area contributed by atoms with Gasteiger partial charge in [0.05, 0.1) is 0 Å². The van der Waals surface area contributed by atoms with E-state index in [4.69, 9.17) is 5.11 Å². The lowest BCUT2D eigenvalue weighted by Gasteiger charge is -2.37. The monoisotopic (exact) mass is 381 g/mol. The molecule has 0 spiro atoms. The first kappa shape index (κ1) is 22.3. The Morgan fingerprint density at radius 2 is 1.39 bits per heavy atom. The summed E-state index contributed by atoms with van der Waals surface area (Å²) < 4.78 is 128. The topological polar surface area (TPSA) is 66.4 Å².